The van der Waals surface area contributed by atoms with Crippen LogP contribution in [0.3, 0.4) is 0 Å². The van der Waals surface area contributed by atoms with Gasteiger partial charge in [-0.1, -0.05) is 20.8 Å². The summed E-state index contributed by atoms with van der Waals surface area (Å²) in [7, 11) is 1.67. The fraction of sp³-hybridized carbons (Fsp3) is 0.600. The number of hydrogen-bond donors (Lipinski definition) is 1. The topological polar surface area (TPSA) is 38.7 Å². The van der Waals surface area contributed by atoms with Gasteiger partial charge in [0.25, 0.3) is 0 Å². The van der Waals surface area contributed by atoms with E-state index in [0.717, 1.165) is 29.9 Å². The van der Waals surface area contributed by atoms with Gasteiger partial charge in [-0.3, -0.25) is 0 Å². The summed E-state index contributed by atoms with van der Waals surface area (Å²) in [4.78, 5) is 0. The summed E-state index contributed by atoms with van der Waals surface area (Å²) in [6.45, 7) is 6.52. The van der Waals surface area contributed by atoms with Crippen molar-refractivity contribution in [1.29, 1.82) is 0 Å². The number of ether oxygens (including phenoxy) is 2. The van der Waals surface area contributed by atoms with Gasteiger partial charge in [0.05, 0.1) is 13.7 Å². The maximum Gasteiger partial charge on any atom is 0.132 e. The quantitative estimate of drug-likeness (QED) is 0.893. The molecule has 100 valence electrons. The third kappa shape index (κ3) is 2.61. The molecule has 0 atom stereocenters. The zero-order valence-corrected chi connectivity index (χ0v) is 11.6. The zero-order chi connectivity index (χ0) is 13.4. The Balaban J connectivity index is 2.34. The number of methoxy groups -OCH3 is 1. The van der Waals surface area contributed by atoms with Gasteiger partial charge in [0, 0.05) is 5.56 Å². The lowest BCUT2D eigenvalue weighted by Crippen LogP contribution is -2.25. The van der Waals surface area contributed by atoms with Crippen molar-refractivity contribution in [2.45, 2.75) is 44.6 Å². The van der Waals surface area contributed by atoms with E-state index in [-0.39, 0.29) is 17.6 Å². The zero-order valence-electron chi connectivity index (χ0n) is 11.6. The maximum absolute atomic E-state index is 9.36. The third-order valence-corrected chi connectivity index (χ3v) is 3.42. The van der Waals surface area contributed by atoms with Crippen molar-refractivity contribution >= 4 is 0 Å². The molecule has 0 aliphatic heterocycles. The van der Waals surface area contributed by atoms with E-state index in [9.17, 15) is 5.11 Å². The van der Waals surface area contributed by atoms with Gasteiger partial charge in [-0.15, -0.1) is 0 Å². The number of aliphatic hydroxyl groups excluding tert-OH is 1. The van der Waals surface area contributed by atoms with Crippen molar-refractivity contribution in [2.75, 3.05) is 13.7 Å². The fourth-order valence-electron chi connectivity index (χ4n) is 1.98. The van der Waals surface area contributed by atoms with E-state index in [1.54, 1.807) is 7.11 Å². The van der Waals surface area contributed by atoms with Gasteiger partial charge in [-0.25, -0.2) is 0 Å². The molecular weight excluding hydrogens is 228 g/mol. The molecule has 1 aliphatic rings. The van der Waals surface area contributed by atoms with Crippen molar-refractivity contribution in [2.24, 2.45) is 0 Å². The summed E-state index contributed by atoms with van der Waals surface area (Å²) < 4.78 is 11.3. The molecule has 3 heteroatoms. The number of aliphatic hydroxyl groups is 1. The third-order valence-electron chi connectivity index (χ3n) is 3.42. The molecule has 0 bridgehead atoms. The van der Waals surface area contributed by atoms with Gasteiger partial charge >= 0.3 is 0 Å². The summed E-state index contributed by atoms with van der Waals surface area (Å²) in [5, 5.41) is 9.36. The van der Waals surface area contributed by atoms with Gasteiger partial charge < -0.3 is 14.6 Å². The molecule has 0 aromatic heterocycles. The lowest BCUT2D eigenvalue weighted by molar-refractivity contribution is 0.0934. The van der Waals surface area contributed by atoms with Crippen LogP contribution in [0.5, 0.6) is 11.5 Å². The van der Waals surface area contributed by atoms with E-state index >= 15 is 0 Å². The lowest BCUT2D eigenvalue weighted by atomic mass is 9.86. The van der Waals surface area contributed by atoms with E-state index in [1.165, 1.54) is 0 Å². The predicted molar refractivity (Wildman–Crippen MR) is 71.4 cm³/mol. The van der Waals surface area contributed by atoms with Crippen LogP contribution in [0.2, 0.25) is 0 Å². The predicted octanol–water partition coefficient (Wildman–Crippen LogP) is 2.90. The smallest absolute Gasteiger partial charge is 0.132 e. The van der Waals surface area contributed by atoms with E-state index in [0.29, 0.717) is 0 Å². The molecule has 0 saturated heterocycles. The summed E-state index contributed by atoms with van der Waals surface area (Å²) in [5.74, 6) is 1.69. The van der Waals surface area contributed by atoms with Crippen LogP contribution >= 0.6 is 0 Å². The molecule has 0 unspecified atom stereocenters. The molecule has 0 spiro atoms. The molecule has 0 amide bonds. The van der Waals surface area contributed by atoms with Crippen LogP contribution in [0, 0.1) is 0 Å². The van der Waals surface area contributed by atoms with Crippen LogP contribution in [-0.4, -0.2) is 24.4 Å². The van der Waals surface area contributed by atoms with E-state index in [1.807, 2.05) is 18.2 Å². The van der Waals surface area contributed by atoms with Crippen LogP contribution in [0.4, 0.5) is 0 Å². The second kappa shape index (κ2) is 4.47. The SMILES string of the molecule is COc1ccc(OC2(CO)CC2)c(C(C)(C)C)c1. The van der Waals surface area contributed by atoms with Crippen LogP contribution < -0.4 is 9.47 Å². The largest absolute Gasteiger partial charge is 0.497 e. The Kier molecular flexibility index (Phi) is 3.28. The minimum absolute atomic E-state index is 0.0184. The number of benzene rings is 1. The average Bonchev–Trinajstić information content (AvgIpc) is 3.09. The molecule has 1 N–H and O–H groups in total. The monoisotopic (exact) mass is 250 g/mol. The minimum Gasteiger partial charge on any atom is -0.497 e. The molecule has 3 nitrogen and oxygen atoms in total. The van der Waals surface area contributed by atoms with E-state index in [2.05, 4.69) is 20.8 Å². The lowest BCUT2D eigenvalue weighted by Gasteiger charge is -2.26. The summed E-state index contributed by atoms with van der Waals surface area (Å²) >= 11 is 0. The van der Waals surface area contributed by atoms with Gasteiger partial charge in [0.15, 0.2) is 0 Å². The first-order valence-corrected chi connectivity index (χ1v) is 6.39. The molecule has 1 fully saturated rings. The maximum atomic E-state index is 9.36. The summed E-state index contributed by atoms with van der Waals surface area (Å²) in [6.07, 6.45) is 1.86. The van der Waals surface area contributed by atoms with E-state index in [4.69, 9.17) is 9.47 Å². The first-order chi connectivity index (χ1) is 8.40. The molecule has 0 radical (unpaired) electrons. The average molecular weight is 250 g/mol. The summed E-state index contributed by atoms with van der Waals surface area (Å²) in [6, 6.07) is 5.86. The van der Waals surface area contributed by atoms with Gasteiger partial charge in [0.2, 0.25) is 0 Å². The van der Waals surface area contributed by atoms with Crippen molar-refractivity contribution in [3.8, 4) is 11.5 Å². The Labute approximate surface area is 109 Å². The van der Waals surface area contributed by atoms with Crippen LogP contribution in [0.15, 0.2) is 18.2 Å². The van der Waals surface area contributed by atoms with Crippen LogP contribution in [-0.2, 0) is 5.41 Å². The molecule has 2 rings (SSSR count). The molecule has 1 aliphatic carbocycles. The van der Waals surface area contributed by atoms with Crippen molar-refractivity contribution in [1.82, 2.24) is 0 Å². The highest BCUT2D eigenvalue weighted by molar-refractivity contribution is 5.44. The van der Waals surface area contributed by atoms with Crippen molar-refractivity contribution in [3.63, 3.8) is 0 Å². The molecular formula is C15H22O3. The second-order valence-corrected chi connectivity index (χ2v) is 6.06. The Morgan fingerprint density at radius 3 is 2.39 bits per heavy atom. The number of rotatable bonds is 4. The highest BCUT2D eigenvalue weighted by atomic mass is 16.5. The van der Waals surface area contributed by atoms with Gasteiger partial charge in [-0.2, -0.15) is 0 Å². The first-order valence-electron chi connectivity index (χ1n) is 6.39. The Bertz CT molecular complexity index is 428. The standard InChI is InChI=1S/C15H22O3/c1-14(2,3)12-9-11(17-4)5-6-13(12)18-15(10-16)7-8-15/h5-6,9,16H,7-8,10H2,1-4H3. The van der Waals surface area contributed by atoms with Crippen molar-refractivity contribution < 1.29 is 14.6 Å². The normalized spacial score (nSPS) is 17.4. The van der Waals surface area contributed by atoms with Gasteiger partial charge in [0.1, 0.15) is 17.1 Å². The minimum atomic E-state index is -0.339. The highest BCUT2D eigenvalue weighted by Gasteiger charge is 2.45. The Hall–Kier alpha value is -1.22. The highest BCUT2D eigenvalue weighted by Crippen LogP contribution is 2.43. The molecule has 1 saturated carbocycles. The van der Waals surface area contributed by atoms with Crippen LogP contribution in [0.1, 0.15) is 39.2 Å². The van der Waals surface area contributed by atoms with E-state index < -0.39 is 0 Å². The molecule has 18 heavy (non-hydrogen) atoms. The second-order valence-electron chi connectivity index (χ2n) is 6.06. The van der Waals surface area contributed by atoms with Crippen molar-refractivity contribution in [3.05, 3.63) is 23.8 Å². The Morgan fingerprint density at radius 2 is 1.94 bits per heavy atom. The Morgan fingerprint density at radius 1 is 1.28 bits per heavy atom. The van der Waals surface area contributed by atoms with Gasteiger partial charge in [-0.05, 0) is 36.5 Å². The molecule has 1 aromatic rings. The molecule has 1 aromatic carbocycles. The fourth-order valence-corrected chi connectivity index (χ4v) is 1.98. The number of hydrogen-bond acceptors (Lipinski definition) is 3. The molecule has 0 heterocycles. The van der Waals surface area contributed by atoms with Crippen LogP contribution in [0.25, 0.3) is 0 Å². The first kappa shape index (κ1) is 13.2. The summed E-state index contributed by atoms with van der Waals surface area (Å²) in [5.41, 5.74) is 0.755.